The van der Waals surface area contributed by atoms with E-state index < -0.39 is 0 Å². The van der Waals surface area contributed by atoms with Gasteiger partial charge in [0.15, 0.2) is 0 Å². The van der Waals surface area contributed by atoms with Crippen LogP contribution in [-0.4, -0.2) is 36.6 Å². The Kier molecular flexibility index (Phi) is 8.98. The Morgan fingerprint density at radius 3 is 2.24 bits per heavy atom. The van der Waals surface area contributed by atoms with Crippen LogP contribution in [0, 0.1) is 0 Å². The molecule has 0 bridgehead atoms. The van der Waals surface area contributed by atoms with Crippen LogP contribution in [0.25, 0.3) is 0 Å². The predicted molar refractivity (Wildman–Crippen MR) is 94.2 cm³/mol. The fourth-order valence-corrected chi connectivity index (χ4v) is 2.89. The smallest absolute Gasteiger partial charge is 0.0406 e. The maximum absolute atomic E-state index is 5.92. The van der Waals surface area contributed by atoms with E-state index in [2.05, 4.69) is 50.0 Å². The third kappa shape index (κ3) is 7.85. The molecule has 0 heterocycles. The van der Waals surface area contributed by atoms with Crippen LogP contribution >= 0.6 is 11.6 Å². The minimum atomic E-state index is 0.495. The Morgan fingerprint density at radius 2 is 1.67 bits per heavy atom. The number of nitrogens with zero attached hydrogens (tertiary/aromatic N) is 1. The van der Waals surface area contributed by atoms with Gasteiger partial charge in [0.05, 0.1) is 0 Å². The quantitative estimate of drug-likeness (QED) is 0.690. The van der Waals surface area contributed by atoms with Gasteiger partial charge in [-0.3, -0.25) is 0 Å². The highest BCUT2D eigenvalue weighted by Gasteiger charge is 2.09. The van der Waals surface area contributed by atoms with Gasteiger partial charge in [-0.15, -0.1) is 0 Å². The molecular formula is C18H31ClN2. The second-order valence-corrected chi connectivity index (χ2v) is 6.40. The standard InChI is InChI=1S/C18H31ClN2/c1-5-21(6-2)13-7-8-15(3)20-16(4)14-17-9-11-18(19)12-10-17/h9-12,15-16,20H,5-8,13-14H2,1-4H3. The first-order chi connectivity index (χ1) is 10.0. The van der Waals surface area contributed by atoms with Gasteiger partial charge in [0.1, 0.15) is 0 Å². The van der Waals surface area contributed by atoms with Crippen molar-refractivity contribution in [3.63, 3.8) is 0 Å². The van der Waals surface area contributed by atoms with Gasteiger partial charge >= 0.3 is 0 Å². The summed E-state index contributed by atoms with van der Waals surface area (Å²) in [5.41, 5.74) is 1.34. The number of hydrogen-bond acceptors (Lipinski definition) is 2. The van der Waals surface area contributed by atoms with E-state index in [9.17, 15) is 0 Å². The summed E-state index contributed by atoms with van der Waals surface area (Å²) in [5, 5.41) is 4.51. The van der Waals surface area contributed by atoms with E-state index in [1.807, 2.05) is 12.1 Å². The lowest BCUT2D eigenvalue weighted by Gasteiger charge is -2.22. The topological polar surface area (TPSA) is 15.3 Å². The monoisotopic (exact) mass is 310 g/mol. The van der Waals surface area contributed by atoms with Crippen molar-refractivity contribution in [2.24, 2.45) is 0 Å². The van der Waals surface area contributed by atoms with Gasteiger partial charge in [0, 0.05) is 17.1 Å². The summed E-state index contributed by atoms with van der Waals surface area (Å²) in [6.07, 6.45) is 3.56. The zero-order chi connectivity index (χ0) is 15.7. The van der Waals surface area contributed by atoms with Crippen LogP contribution in [0.3, 0.4) is 0 Å². The minimum Gasteiger partial charge on any atom is -0.311 e. The molecule has 0 fully saturated rings. The molecule has 120 valence electrons. The first-order valence-electron chi connectivity index (χ1n) is 8.28. The molecule has 3 heteroatoms. The van der Waals surface area contributed by atoms with Crippen LogP contribution in [0.2, 0.25) is 5.02 Å². The maximum Gasteiger partial charge on any atom is 0.0406 e. The largest absolute Gasteiger partial charge is 0.311 e. The highest BCUT2D eigenvalue weighted by Crippen LogP contribution is 2.11. The van der Waals surface area contributed by atoms with E-state index in [4.69, 9.17) is 11.6 Å². The molecule has 0 aromatic heterocycles. The van der Waals surface area contributed by atoms with Crippen LogP contribution in [0.5, 0.6) is 0 Å². The molecule has 1 aromatic rings. The van der Waals surface area contributed by atoms with E-state index in [0.29, 0.717) is 12.1 Å². The van der Waals surface area contributed by atoms with Gasteiger partial charge in [0.25, 0.3) is 0 Å². The maximum atomic E-state index is 5.92. The summed E-state index contributed by atoms with van der Waals surface area (Å²) >= 11 is 5.92. The van der Waals surface area contributed by atoms with Crippen molar-refractivity contribution in [3.8, 4) is 0 Å². The van der Waals surface area contributed by atoms with Crippen LogP contribution in [0.15, 0.2) is 24.3 Å². The number of hydrogen-bond donors (Lipinski definition) is 1. The van der Waals surface area contributed by atoms with Crippen molar-refractivity contribution < 1.29 is 0 Å². The van der Waals surface area contributed by atoms with E-state index in [1.54, 1.807) is 0 Å². The van der Waals surface area contributed by atoms with Gasteiger partial charge in [-0.2, -0.15) is 0 Å². The predicted octanol–water partition coefficient (Wildman–Crippen LogP) is 4.37. The van der Waals surface area contributed by atoms with E-state index in [-0.39, 0.29) is 0 Å². The highest BCUT2D eigenvalue weighted by atomic mass is 35.5. The number of rotatable bonds is 10. The summed E-state index contributed by atoms with van der Waals surface area (Å²) in [6, 6.07) is 9.24. The normalized spacial score (nSPS) is 14.4. The molecule has 0 aliphatic carbocycles. The lowest BCUT2D eigenvalue weighted by molar-refractivity contribution is 0.288. The number of halogens is 1. The van der Waals surface area contributed by atoms with Gasteiger partial charge in [-0.1, -0.05) is 37.6 Å². The molecule has 2 atom stereocenters. The molecule has 1 aromatic carbocycles. The summed E-state index contributed by atoms with van der Waals surface area (Å²) < 4.78 is 0. The summed E-state index contributed by atoms with van der Waals surface area (Å²) in [7, 11) is 0. The zero-order valence-corrected chi connectivity index (χ0v) is 14.8. The van der Waals surface area contributed by atoms with E-state index in [1.165, 1.54) is 24.9 Å². The second-order valence-electron chi connectivity index (χ2n) is 5.97. The fraction of sp³-hybridized carbons (Fsp3) is 0.667. The molecule has 0 amide bonds. The van der Waals surface area contributed by atoms with Crippen molar-refractivity contribution in [1.82, 2.24) is 10.2 Å². The third-order valence-corrected chi connectivity index (χ3v) is 4.28. The van der Waals surface area contributed by atoms with Gasteiger partial charge < -0.3 is 10.2 Å². The molecule has 1 N–H and O–H groups in total. The highest BCUT2D eigenvalue weighted by molar-refractivity contribution is 6.30. The van der Waals surface area contributed by atoms with Crippen molar-refractivity contribution in [2.75, 3.05) is 19.6 Å². The molecule has 0 aliphatic rings. The van der Waals surface area contributed by atoms with Crippen LogP contribution in [0.4, 0.5) is 0 Å². The molecule has 0 saturated heterocycles. The fourth-order valence-electron chi connectivity index (χ4n) is 2.76. The lowest BCUT2D eigenvalue weighted by atomic mass is 10.1. The summed E-state index contributed by atoms with van der Waals surface area (Å²) in [6.45, 7) is 12.6. The van der Waals surface area contributed by atoms with Gasteiger partial charge in [-0.25, -0.2) is 0 Å². The Bertz CT molecular complexity index is 373. The Hall–Kier alpha value is -0.570. The SMILES string of the molecule is CCN(CC)CCCC(C)NC(C)Cc1ccc(Cl)cc1. The average Bonchev–Trinajstić information content (AvgIpc) is 2.46. The Labute approximate surface area is 135 Å². The van der Waals surface area contributed by atoms with Crippen LogP contribution in [0.1, 0.15) is 46.1 Å². The average molecular weight is 311 g/mol. The Balaban J connectivity index is 2.24. The van der Waals surface area contributed by atoms with Crippen LogP contribution in [-0.2, 0) is 6.42 Å². The molecule has 2 unspecified atom stereocenters. The van der Waals surface area contributed by atoms with Crippen molar-refractivity contribution >= 4 is 11.6 Å². The lowest BCUT2D eigenvalue weighted by Crippen LogP contribution is -2.36. The van der Waals surface area contributed by atoms with Crippen molar-refractivity contribution in [1.29, 1.82) is 0 Å². The second kappa shape index (κ2) is 10.2. The summed E-state index contributed by atoms with van der Waals surface area (Å²) in [4.78, 5) is 2.49. The van der Waals surface area contributed by atoms with Crippen molar-refractivity contribution in [2.45, 2.75) is 59.0 Å². The van der Waals surface area contributed by atoms with Crippen LogP contribution < -0.4 is 5.32 Å². The molecule has 1 rings (SSSR count). The summed E-state index contributed by atoms with van der Waals surface area (Å²) in [5.74, 6) is 0. The molecule has 21 heavy (non-hydrogen) atoms. The molecule has 2 nitrogen and oxygen atoms in total. The number of benzene rings is 1. The minimum absolute atomic E-state index is 0.495. The molecule has 0 spiro atoms. The molecule has 0 radical (unpaired) electrons. The molecule has 0 saturated carbocycles. The van der Waals surface area contributed by atoms with E-state index >= 15 is 0 Å². The van der Waals surface area contributed by atoms with Crippen molar-refractivity contribution in [3.05, 3.63) is 34.9 Å². The molecular weight excluding hydrogens is 280 g/mol. The first kappa shape index (κ1) is 18.5. The van der Waals surface area contributed by atoms with Gasteiger partial charge in [-0.05, 0) is 70.4 Å². The molecule has 0 aliphatic heterocycles. The Morgan fingerprint density at radius 1 is 1.05 bits per heavy atom. The third-order valence-electron chi connectivity index (χ3n) is 4.03. The van der Waals surface area contributed by atoms with E-state index in [0.717, 1.165) is 24.5 Å². The zero-order valence-electron chi connectivity index (χ0n) is 14.0. The first-order valence-corrected chi connectivity index (χ1v) is 8.65. The number of nitrogens with one attached hydrogen (secondary N) is 1. The van der Waals surface area contributed by atoms with Gasteiger partial charge in [0.2, 0.25) is 0 Å².